The molecule has 7 heteroatoms. The van der Waals surface area contributed by atoms with Crippen LogP contribution < -0.4 is 0 Å². The monoisotopic (exact) mass is 304 g/mol. The van der Waals surface area contributed by atoms with Crippen molar-refractivity contribution < 1.29 is 34.4 Å². The molecule has 0 aliphatic carbocycles. The molecule has 1 heterocycles. The average Bonchev–Trinajstić information content (AvgIpc) is 2.44. The summed E-state index contributed by atoms with van der Waals surface area (Å²) in [4.78, 5) is 23.9. The van der Waals surface area contributed by atoms with Crippen molar-refractivity contribution in [1.82, 2.24) is 0 Å². The molecular formula is C14H24O7. The van der Waals surface area contributed by atoms with Crippen molar-refractivity contribution in [2.24, 2.45) is 5.92 Å². The third-order valence-corrected chi connectivity index (χ3v) is 3.67. The Kier molecular flexibility index (Phi) is 6.12. The maximum absolute atomic E-state index is 12.1. The lowest BCUT2D eigenvalue weighted by molar-refractivity contribution is -0.446. The van der Waals surface area contributed by atoms with E-state index >= 15 is 0 Å². The molecule has 1 fully saturated rings. The number of hydrogen-bond donors (Lipinski definition) is 3. The summed E-state index contributed by atoms with van der Waals surface area (Å²) in [5, 5.41) is 28.7. The van der Waals surface area contributed by atoms with Gasteiger partial charge < -0.3 is 24.8 Å². The van der Waals surface area contributed by atoms with E-state index in [2.05, 4.69) is 0 Å². The Labute approximate surface area is 123 Å². The number of carbonyl (C=O) groups excluding carboxylic acids is 2. The van der Waals surface area contributed by atoms with Gasteiger partial charge in [0.05, 0.1) is 5.92 Å². The van der Waals surface area contributed by atoms with Gasteiger partial charge >= 0.3 is 23.7 Å². The van der Waals surface area contributed by atoms with Crippen molar-refractivity contribution in [3.8, 4) is 0 Å². The lowest BCUT2D eigenvalue weighted by Gasteiger charge is -2.38. The smallest absolute Gasteiger partial charge is 0.357 e. The highest BCUT2D eigenvalue weighted by molar-refractivity contribution is 5.75. The number of ether oxygens (including phenoxy) is 2. The Balaban J connectivity index is 3.14. The molecule has 21 heavy (non-hydrogen) atoms. The minimum Gasteiger partial charge on any atom is -0.414 e. The van der Waals surface area contributed by atoms with Crippen LogP contribution in [0.2, 0.25) is 0 Å². The van der Waals surface area contributed by atoms with Gasteiger partial charge in [0.25, 0.3) is 0 Å². The van der Waals surface area contributed by atoms with Crippen LogP contribution >= 0.6 is 0 Å². The van der Waals surface area contributed by atoms with Crippen molar-refractivity contribution in [3.63, 3.8) is 0 Å². The summed E-state index contributed by atoms with van der Waals surface area (Å²) in [7, 11) is 0. The zero-order valence-corrected chi connectivity index (χ0v) is 12.5. The molecule has 1 rings (SSSR count). The van der Waals surface area contributed by atoms with Crippen molar-refractivity contribution in [1.29, 1.82) is 0 Å². The van der Waals surface area contributed by atoms with Gasteiger partial charge in [0.2, 0.25) is 0 Å². The predicted octanol–water partition coefficient (Wildman–Crippen LogP) is 0.800. The third-order valence-electron chi connectivity index (χ3n) is 3.67. The molecule has 1 saturated heterocycles. The number of esters is 2. The number of cyclic esters (lactones) is 2. The fraction of sp³-hybridized carbons (Fsp3) is 0.857. The largest absolute Gasteiger partial charge is 0.414 e. The minimum atomic E-state index is -3.45. The summed E-state index contributed by atoms with van der Waals surface area (Å²) in [6.45, 7) is 3.62. The topological polar surface area (TPSA) is 113 Å². The van der Waals surface area contributed by atoms with Crippen LogP contribution in [0.15, 0.2) is 0 Å². The molecule has 7 nitrogen and oxygen atoms in total. The summed E-state index contributed by atoms with van der Waals surface area (Å²) >= 11 is 0. The number of rotatable bonds is 5. The molecule has 0 aromatic rings. The molecule has 0 aromatic carbocycles. The average molecular weight is 304 g/mol. The molecular weight excluding hydrogens is 280 g/mol. The molecule has 0 spiro atoms. The van der Waals surface area contributed by atoms with Crippen LogP contribution in [0.3, 0.4) is 0 Å². The van der Waals surface area contributed by atoms with E-state index in [0.717, 1.165) is 0 Å². The van der Waals surface area contributed by atoms with E-state index in [-0.39, 0.29) is 12.8 Å². The summed E-state index contributed by atoms with van der Waals surface area (Å²) in [5.74, 6) is -7.84. The van der Waals surface area contributed by atoms with Gasteiger partial charge in [0, 0.05) is 12.8 Å². The highest BCUT2D eigenvalue weighted by Crippen LogP contribution is 2.34. The summed E-state index contributed by atoms with van der Waals surface area (Å²) in [6.07, 6.45) is 2.21. The Morgan fingerprint density at radius 2 is 1.90 bits per heavy atom. The SMILES string of the molecule is CCCCC1(C(O)(O)O)OC(=O)CCCC(CC)C(=O)O1. The summed E-state index contributed by atoms with van der Waals surface area (Å²) in [5.41, 5.74) is 0. The van der Waals surface area contributed by atoms with Crippen molar-refractivity contribution >= 4 is 11.9 Å². The Hall–Kier alpha value is -1.18. The number of hydrogen-bond acceptors (Lipinski definition) is 7. The molecule has 2 unspecified atom stereocenters. The first-order valence-corrected chi connectivity index (χ1v) is 7.37. The van der Waals surface area contributed by atoms with Crippen LogP contribution in [-0.4, -0.2) is 39.0 Å². The maximum Gasteiger partial charge on any atom is 0.357 e. The highest BCUT2D eigenvalue weighted by atomic mass is 16.8. The molecule has 2 atom stereocenters. The van der Waals surface area contributed by atoms with E-state index in [9.17, 15) is 24.9 Å². The van der Waals surface area contributed by atoms with Crippen molar-refractivity contribution in [3.05, 3.63) is 0 Å². The quantitative estimate of drug-likeness (QED) is 0.508. The predicted molar refractivity (Wildman–Crippen MR) is 71.5 cm³/mol. The number of carbonyl (C=O) groups is 2. The zero-order chi connectivity index (χ0) is 16.1. The van der Waals surface area contributed by atoms with Crippen LogP contribution in [0.5, 0.6) is 0 Å². The normalized spacial score (nSPS) is 28.1. The second kappa shape index (κ2) is 7.20. The molecule has 0 bridgehead atoms. The van der Waals surface area contributed by atoms with Gasteiger partial charge in [-0.25, -0.2) is 0 Å². The van der Waals surface area contributed by atoms with Crippen molar-refractivity contribution in [2.75, 3.05) is 0 Å². The van der Waals surface area contributed by atoms with Gasteiger partial charge in [-0.05, 0) is 25.7 Å². The molecule has 0 amide bonds. The van der Waals surface area contributed by atoms with Gasteiger partial charge in [-0.2, -0.15) is 0 Å². The van der Waals surface area contributed by atoms with E-state index in [1.807, 2.05) is 6.92 Å². The van der Waals surface area contributed by atoms with E-state index in [0.29, 0.717) is 32.1 Å². The van der Waals surface area contributed by atoms with Crippen LogP contribution in [0.25, 0.3) is 0 Å². The second-order valence-corrected chi connectivity index (χ2v) is 5.38. The molecule has 0 radical (unpaired) electrons. The highest BCUT2D eigenvalue weighted by Gasteiger charge is 2.57. The first kappa shape index (κ1) is 17.9. The maximum atomic E-state index is 12.1. The van der Waals surface area contributed by atoms with Crippen LogP contribution in [0.4, 0.5) is 0 Å². The zero-order valence-electron chi connectivity index (χ0n) is 12.5. The molecule has 3 N–H and O–H groups in total. The number of aliphatic hydroxyl groups is 3. The Morgan fingerprint density at radius 1 is 1.24 bits per heavy atom. The van der Waals surface area contributed by atoms with Crippen molar-refractivity contribution in [2.45, 2.75) is 70.6 Å². The first-order chi connectivity index (χ1) is 9.75. The third kappa shape index (κ3) is 4.39. The summed E-state index contributed by atoms with van der Waals surface area (Å²) in [6, 6.07) is 0. The Morgan fingerprint density at radius 3 is 2.43 bits per heavy atom. The van der Waals surface area contributed by atoms with Crippen LogP contribution in [0, 0.1) is 5.92 Å². The van der Waals surface area contributed by atoms with E-state index in [1.165, 1.54) is 0 Å². The molecule has 122 valence electrons. The van der Waals surface area contributed by atoms with Gasteiger partial charge in [0.1, 0.15) is 0 Å². The number of unbranched alkanes of at least 4 members (excludes halogenated alkanes) is 1. The fourth-order valence-electron chi connectivity index (χ4n) is 2.30. The van der Waals surface area contributed by atoms with E-state index < -0.39 is 29.6 Å². The lowest BCUT2D eigenvalue weighted by Crippen LogP contribution is -2.60. The summed E-state index contributed by atoms with van der Waals surface area (Å²) < 4.78 is 10.0. The lowest BCUT2D eigenvalue weighted by atomic mass is 9.99. The van der Waals surface area contributed by atoms with Gasteiger partial charge in [-0.3, -0.25) is 9.59 Å². The first-order valence-electron chi connectivity index (χ1n) is 7.37. The molecule has 1 aliphatic heterocycles. The standard InChI is InChI=1S/C14H24O7/c1-3-5-9-13(14(17,18)19)20-11(15)8-6-7-10(4-2)12(16)21-13/h10,17-19H,3-9H2,1-2H3. The fourth-order valence-corrected chi connectivity index (χ4v) is 2.30. The van der Waals surface area contributed by atoms with Gasteiger partial charge in [0.15, 0.2) is 0 Å². The van der Waals surface area contributed by atoms with Gasteiger partial charge in [-0.15, -0.1) is 0 Å². The molecule has 0 saturated carbocycles. The van der Waals surface area contributed by atoms with Gasteiger partial charge in [-0.1, -0.05) is 20.3 Å². The minimum absolute atomic E-state index is 0.0249. The van der Waals surface area contributed by atoms with E-state index in [1.54, 1.807) is 6.92 Å². The molecule has 0 aromatic heterocycles. The van der Waals surface area contributed by atoms with Crippen LogP contribution in [-0.2, 0) is 19.1 Å². The second-order valence-electron chi connectivity index (χ2n) is 5.38. The van der Waals surface area contributed by atoms with Crippen LogP contribution in [0.1, 0.15) is 58.8 Å². The Bertz CT molecular complexity index is 374. The molecule has 1 aliphatic rings. The van der Waals surface area contributed by atoms with E-state index in [4.69, 9.17) is 9.47 Å².